The van der Waals surface area contributed by atoms with Crippen LogP contribution in [0.15, 0.2) is 176 Å². The van der Waals surface area contributed by atoms with Gasteiger partial charge in [0.2, 0.25) is 0 Å². The monoisotopic (exact) mass is 761 g/mol. The van der Waals surface area contributed by atoms with Crippen LogP contribution in [-0.2, 0) is 10.8 Å². The molecular formula is C56H47NSi. The van der Waals surface area contributed by atoms with E-state index >= 15 is 0 Å². The molecule has 0 unspecified atom stereocenters. The lowest BCUT2D eigenvalue weighted by Gasteiger charge is -2.32. The molecule has 1 aliphatic heterocycles. The maximum Gasteiger partial charge on any atom is 0.113 e. The van der Waals surface area contributed by atoms with Crippen molar-refractivity contribution in [2.45, 2.75) is 51.6 Å². The highest BCUT2D eigenvalue weighted by atomic mass is 28.3. The Balaban J connectivity index is 1.23. The third-order valence-electron chi connectivity index (χ3n) is 13.9. The van der Waals surface area contributed by atoms with Crippen molar-refractivity contribution in [2.75, 3.05) is 4.90 Å². The molecule has 0 saturated heterocycles. The van der Waals surface area contributed by atoms with E-state index in [2.05, 4.69) is 222 Å². The maximum absolute atomic E-state index is 2.58. The molecule has 0 aromatic heterocycles. The van der Waals surface area contributed by atoms with Crippen LogP contribution in [0.3, 0.4) is 0 Å². The first-order chi connectivity index (χ1) is 28.1. The highest BCUT2D eigenvalue weighted by Gasteiger charge is 2.40. The van der Waals surface area contributed by atoms with Gasteiger partial charge in [-0.15, -0.1) is 0 Å². The third-order valence-corrected chi connectivity index (χ3v) is 17.4. The van der Waals surface area contributed by atoms with Gasteiger partial charge in [0, 0.05) is 27.8 Å². The molecule has 1 nitrogen and oxygen atoms in total. The van der Waals surface area contributed by atoms with Crippen molar-refractivity contribution >= 4 is 35.5 Å². The zero-order chi connectivity index (χ0) is 39.6. The largest absolute Gasteiger partial charge is 0.310 e. The summed E-state index contributed by atoms with van der Waals surface area (Å²) in [5.74, 6) is 0. The van der Waals surface area contributed by atoms with Gasteiger partial charge < -0.3 is 4.90 Å². The molecular weight excluding hydrogens is 715 g/mol. The molecule has 58 heavy (non-hydrogen) atoms. The van der Waals surface area contributed by atoms with Crippen molar-refractivity contribution in [3.05, 3.63) is 198 Å². The lowest BCUT2D eigenvalue weighted by molar-refractivity contribution is 0.660. The molecule has 8 aromatic carbocycles. The van der Waals surface area contributed by atoms with Gasteiger partial charge in [-0.1, -0.05) is 186 Å². The first-order valence-corrected chi connectivity index (χ1v) is 23.8. The van der Waals surface area contributed by atoms with Gasteiger partial charge in [0.15, 0.2) is 0 Å². The fourth-order valence-electron chi connectivity index (χ4n) is 10.9. The second kappa shape index (κ2) is 12.4. The predicted octanol–water partition coefficient (Wildman–Crippen LogP) is 13.9. The molecule has 0 amide bonds. The summed E-state index contributed by atoms with van der Waals surface area (Å²) in [6.07, 6.45) is 0. The number of hydrogen-bond donors (Lipinski definition) is 0. The molecule has 0 N–H and O–H groups in total. The summed E-state index contributed by atoms with van der Waals surface area (Å²) in [4.78, 5) is 2.58. The highest BCUT2D eigenvalue weighted by Crippen LogP contribution is 2.56. The summed E-state index contributed by atoms with van der Waals surface area (Å²) in [5, 5.41) is 3.03. The molecule has 2 aliphatic carbocycles. The smallest absolute Gasteiger partial charge is 0.113 e. The van der Waals surface area contributed by atoms with Crippen LogP contribution in [0.1, 0.15) is 49.9 Å². The van der Waals surface area contributed by atoms with E-state index in [0.717, 1.165) is 0 Å². The molecule has 0 spiro atoms. The molecule has 280 valence electrons. The number of benzene rings is 8. The van der Waals surface area contributed by atoms with E-state index in [1.807, 2.05) is 0 Å². The van der Waals surface area contributed by atoms with Crippen molar-refractivity contribution < 1.29 is 0 Å². The Morgan fingerprint density at radius 3 is 1.66 bits per heavy atom. The normalized spacial score (nSPS) is 15.5. The minimum absolute atomic E-state index is 0.116. The van der Waals surface area contributed by atoms with Crippen LogP contribution in [0.5, 0.6) is 0 Å². The summed E-state index contributed by atoms with van der Waals surface area (Å²) >= 11 is 0. The van der Waals surface area contributed by atoms with Crippen LogP contribution >= 0.6 is 0 Å². The van der Waals surface area contributed by atoms with E-state index in [9.17, 15) is 0 Å². The molecule has 0 saturated carbocycles. The Morgan fingerprint density at radius 2 is 0.879 bits per heavy atom. The molecule has 2 heteroatoms. The van der Waals surface area contributed by atoms with Gasteiger partial charge in [0.05, 0.1) is 5.69 Å². The topological polar surface area (TPSA) is 3.24 Å². The fourth-order valence-corrected chi connectivity index (χ4v) is 14.0. The fraction of sp³-hybridized carbons (Fsp3) is 0.143. The number of nitrogens with zero attached hydrogens (tertiary/aromatic N) is 1. The SMILES string of the molecule is CC1(C)c2ccccc2-c2ccc(N(c3ccc4c(c3)[Si](C)(C)c3ccccc3-4)c3cccc(-c4ccccc4)c3-c3cccc4c3-c3ccccc3C4(C)C)cc21. The van der Waals surface area contributed by atoms with E-state index in [1.165, 1.54) is 105 Å². The van der Waals surface area contributed by atoms with Crippen molar-refractivity contribution in [1.29, 1.82) is 0 Å². The summed E-state index contributed by atoms with van der Waals surface area (Å²) < 4.78 is 0. The molecule has 0 fully saturated rings. The second-order valence-electron chi connectivity index (χ2n) is 18.1. The number of hydrogen-bond acceptors (Lipinski definition) is 1. The minimum Gasteiger partial charge on any atom is -0.310 e. The van der Waals surface area contributed by atoms with Crippen molar-refractivity contribution in [3.8, 4) is 55.6 Å². The van der Waals surface area contributed by atoms with E-state index in [1.54, 1.807) is 0 Å². The van der Waals surface area contributed by atoms with E-state index < -0.39 is 8.07 Å². The van der Waals surface area contributed by atoms with Crippen molar-refractivity contribution in [1.82, 2.24) is 0 Å². The van der Waals surface area contributed by atoms with E-state index in [-0.39, 0.29) is 10.8 Å². The zero-order valence-electron chi connectivity index (χ0n) is 34.2. The van der Waals surface area contributed by atoms with Gasteiger partial charge in [-0.25, -0.2) is 0 Å². The van der Waals surface area contributed by atoms with Crippen LogP contribution in [-0.4, -0.2) is 8.07 Å². The molecule has 0 atom stereocenters. The van der Waals surface area contributed by atoms with Gasteiger partial charge >= 0.3 is 0 Å². The number of fused-ring (bicyclic) bond motifs is 9. The maximum atomic E-state index is 2.58. The Bertz CT molecular complexity index is 2880. The van der Waals surface area contributed by atoms with Gasteiger partial charge in [0.25, 0.3) is 0 Å². The average Bonchev–Trinajstić information content (AvgIpc) is 3.74. The van der Waals surface area contributed by atoms with Crippen molar-refractivity contribution in [2.24, 2.45) is 0 Å². The van der Waals surface area contributed by atoms with E-state index in [4.69, 9.17) is 0 Å². The van der Waals surface area contributed by atoms with E-state index in [0.29, 0.717) is 0 Å². The Hall–Kier alpha value is -6.22. The number of anilines is 3. The summed E-state index contributed by atoms with van der Waals surface area (Å²) in [5.41, 5.74) is 21.9. The lowest BCUT2D eigenvalue weighted by atomic mass is 9.81. The summed E-state index contributed by atoms with van der Waals surface area (Å²) in [7, 11) is -1.98. The molecule has 0 radical (unpaired) electrons. The van der Waals surface area contributed by atoms with Crippen LogP contribution in [0.2, 0.25) is 13.1 Å². The Labute approximate surface area is 344 Å². The first-order valence-electron chi connectivity index (χ1n) is 20.8. The third kappa shape index (κ3) is 4.82. The first kappa shape index (κ1) is 35.0. The van der Waals surface area contributed by atoms with Crippen LogP contribution in [0.4, 0.5) is 17.1 Å². The molecule has 1 heterocycles. The second-order valence-corrected chi connectivity index (χ2v) is 22.4. The van der Waals surface area contributed by atoms with Gasteiger partial charge in [-0.05, 0) is 113 Å². The zero-order valence-corrected chi connectivity index (χ0v) is 35.2. The quantitative estimate of drug-likeness (QED) is 0.158. The Morgan fingerprint density at radius 1 is 0.362 bits per heavy atom. The van der Waals surface area contributed by atoms with Crippen LogP contribution < -0.4 is 15.3 Å². The Kier molecular flexibility index (Phi) is 7.47. The molecule has 0 bridgehead atoms. The standard InChI is InChI=1S/C56H47NSi/c1-55(2)47-26-14-11-22-44(47)53-45(24-16-27-48(53)55)54-39(36-18-8-7-9-19-36)23-17-28-50(54)57(37-30-32-41-40-20-10-13-25-46(40)56(3,4)49(41)34-37)38-31-33-43-42-21-12-15-29-51(42)58(5,6)52(43)35-38/h7-35H,1-6H3. The minimum atomic E-state index is -1.98. The summed E-state index contributed by atoms with van der Waals surface area (Å²) in [6, 6.07) is 66.7. The highest BCUT2D eigenvalue weighted by molar-refractivity contribution is 7.03. The van der Waals surface area contributed by atoms with Crippen LogP contribution in [0.25, 0.3) is 55.6 Å². The average molecular weight is 762 g/mol. The number of rotatable bonds is 5. The molecule has 11 rings (SSSR count). The molecule has 8 aromatic rings. The lowest BCUT2D eigenvalue weighted by Crippen LogP contribution is -2.49. The molecule has 3 aliphatic rings. The predicted molar refractivity (Wildman–Crippen MR) is 249 cm³/mol. The van der Waals surface area contributed by atoms with Crippen molar-refractivity contribution in [3.63, 3.8) is 0 Å². The van der Waals surface area contributed by atoms with Crippen LogP contribution in [0, 0.1) is 0 Å². The van der Waals surface area contributed by atoms with Gasteiger partial charge in [-0.2, -0.15) is 0 Å². The van der Waals surface area contributed by atoms with Gasteiger partial charge in [-0.3, -0.25) is 0 Å². The summed E-state index contributed by atoms with van der Waals surface area (Å²) in [6.45, 7) is 14.6. The van der Waals surface area contributed by atoms with Gasteiger partial charge in [0.1, 0.15) is 8.07 Å².